The van der Waals surface area contributed by atoms with E-state index in [0.29, 0.717) is 24.2 Å². The van der Waals surface area contributed by atoms with Crippen molar-refractivity contribution in [2.24, 2.45) is 41.4 Å². The first-order valence-corrected chi connectivity index (χ1v) is 8.17. The quantitative estimate of drug-likeness (QED) is 0.418. The molecule has 4 aliphatic carbocycles. The average molecular weight is 336 g/mol. The van der Waals surface area contributed by atoms with Crippen LogP contribution in [0, 0.1) is 41.4 Å². The summed E-state index contributed by atoms with van der Waals surface area (Å²) in [5.74, 6) is -8.10. The van der Waals surface area contributed by atoms with Gasteiger partial charge in [0.1, 0.15) is 0 Å². The zero-order chi connectivity index (χ0) is 16.4. The highest BCUT2D eigenvalue weighted by Gasteiger charge is 2.78. The van der Waals surface area contributed by atoms with E-state index >= 15 is 0 Å². The third-order valence-electron chi connectivity index (χ3n) is 7.19. The summed E-state index contributed by atoms with van der Waals surface area (Å²) < 4.78 is 72.3. The van der Waals surface area contributed by atoms with Gasteiger partial charge in [-0.2, -0.15) is 13.2 Å². The molecule has 0 spiro atoms. The van der Waals surface area contributed by atoms with E-state index in [0.717, 1.165) is 6.42 Å². The number of rotatable bonds is 0. The van der Waals surface area contributed by atoms with Crippen molar-refractivity contribution in [2.75, 3.05) is 0 Å². The van der Waals surface area contributed by atoms with Gasteiger partial charge in [-0.3, -0.25) is 0 Å². The normalized spacial score (nSPS) is 58.5. The first kappa shape index (κ1) is 14.6. The average Bonchev–Trinajstić information content (AvgIpc) is 3.14. The van der Waals surface area contributed by atoms with Crippen molar-refractivity contribution in [3.05, 3.63) is 12.2 Å². The van der Waals surface area contributed by atoms with Crippen molar-refractivity contribution < 1.29 is 31.8 Å². The summed E-state index contributed by atoms with van der Waals surface area (Å²) in [7, 11) is 0. The Morgan fingerprint density at radius 3 is 2.17 bits per heavy atom. The molecule has 1 saturated heterocycles. The van der Waals surface area contributed by atoms with Gasteiger partial charge in [0, 0.05) is 6.42 Å². The first-order chi connectivity index (χ1) is 10.6. The Labute approximate surface area is 129 Å². The summed E-state index contributed by atoms with van der Waals surface area (Å²) >= 11 is 0. The molecule has 5 aliphatic rings. The van der Waals surface area contributed by atoms with E-state index in [9.17, 15) is 27.1 Å². The van der Waals surface area contributed by atoms with Gasteiger partial charge in [0.05, 0.1) is 6.10 Å². The number of alkyl halides is 5. The lowest BCUT2D eigenvalue weighted by molar-refractivity contribution is -0.464. The van der Waals surface area contributed by atoms with Crippen LogP contribution in [0.4, 0.5) is 22.0 Å². The smallest absolute Gasteiger partial charge is 0.354 e. The summed E-state index contributed by atoms with van der Waals surface area (Å²) in [6.07, 6.45) is -1.42. The lowest BCUT2D eigenvalue weighted by atomic mass is 9.65. The number of hydrogen-bond donors (Lipinski definition) is 1. The Balaban J connectivity index is 1.52. The Morgan fingerprint density at radius 2 is 1.57 bits per heavy atom. The topological polar surface area (TPSA) is 29.5 Å². The Kier molecular flexibility index (Phi) is 2.50. The fraction of sp³-hybridized carbons (Fsp3) is 0.875. The van der Waals surface area contributed by atoms with Crippen LogP contribution < -0.4 is 0 Å². The number of fused-ring (bicyclic) bond motifs is 12. The van der Waals surface area contributed by atoms with Crippen LogP contribution >= 0.6 is 0 Å². The molecule has 3 saturated carbocycles. The van der Waals surface area contributed by atoms with E-state index in [1.165, 1.54) is 0 Å². The summed E-state index contributed by atoms with van der Waals surface area (Å²) in [5.41, 5.74) is 0. The predicted octanol–water partition coefficient (Wildman–Crippen LogP) is 3.37. The molecular formula is C16H17F5O2. The lowest BCUT2D eigenvalue weighted by Crippen LogP contribution is -2.67. The predicted molar refractivity (Wildman–Crippen MR) is 68.2 cm³/mol. The van der Waals surface area contributed by atoms with Crippen LogP contribution in [0.25, 0.3) is 0 Å². The standard InChI is InChI=1S/C16H17F5O2/c17-14(18)5-10-8-4-9(12-7-2-1-6(3-7)11(8)12)13(10)23-15(14,22)16(19,20)21/h1-2,6-13,22H,3-5H2. The van der Waals surface area contributed by atoms with E-state index in [-0.39, 0.29) is 17.8 Å². The minimum atomic E-state index is -5.50. The monoisotopic (exact) mass is 336 g/mol. The van der Waals surface area contributed by atoms with E-state index in [1.807, 2.05) is 0 Å². The number of ether oxygens (including phenoxy) is 1. The fourth-order valence-electron chi connectivity index (χ4n) is 6.54. The highest BCUT2D eigenvalue weighted by atomic mass is 19.4. The van der Waals surface area contributed by atoms with Crippen molar-refractivity contribution in [3.63, 3.8) is 0 Å². The maximum Gasteiger partial charge on any atom is 0.449 e. The maximum absolute atomic E-state index is 14.1. The Bertz CT molecular complexity index is 588. The highest BCUT2D eigenvalue weighted by molar-refractivity contribution is 5.23. The molecule has 2 nitrogen and oxygen atoms in total. The third kappa shape index (κ3) is 1.52. The molecule has 5 rings (SSSR count). The van der Waals surface area contributed by atoms with Crippen molar-refractivity contribution in [1.29, 1.82) is 0 Å². The van der Waals surface area contributed by atoms with E-state index in [4.69, 9.17) is 4.74 Å². The van der Waals surface area contributed by atoms with Crippen molar-refractivity contribution in [1.82, 2.24) is 0 Å². The zero-order valence-electron chi connectivity index (χ0n) is 12.1. The van der Waals surface area contributed by atoms with Crippen molar-refractivity contribution >= 4 is 0 Å². The first-order valence-electron chi connectivity index (χ1n) is 8.17. The molecule has 0 radical (unpaired) electrons. The molecule has 4 bridgehead atoms. The van der Waals surface area contributed by atoms with Crippen LogP contribution in [-0.4, -0.2) is 29.1 Å². The second-order valence-corrected chi connectivity index (χ2v) is 7.96. The van der Waals surface area contributed by atoms with Gasteiger partial charge in [0.15, 0.2) is 0 Å². The van der Waals surface area contributed by atoms with Gasteiger partial charge in [0.25, 0.3) is 0 Å². The molecule has 0 amide bonds. The summed E-state index contributed by atoms with van der Waals surface area (Å²) in [4.78, 5) is 0. The molecule has 0 aromatic rings. The number of hydrogen-bond acceptors (Lipinski definition) is 2. The highest BCUT2D eigenvalue weighted by Crippen LogP contribution is 2.70. The molecule has 128 valence electrons. The van der Waals surface area contributed by atoms with Crippen molar-refractivity contribution in [3.8, 4) is 0 Å². The van der Waals surface area contributed by atoms with Crippen LogP contribution in [0.5, 0.6) is 0 Å². The van der Waals surface area contributed by atoms with Crippen LogP contribution in [0.1, 0.15) is 19.3 Å². The number of aliphatic hydroxyl groups is 1. The van der Waals surface area contributed by atoms with Crippen LogP contribution in [0.15, 0.2) is 12.2 Å². The van der Waals surface area contributed by atoms with Crippen LogP contribution in [-0.2, 0) is 4.74 Å². The van der Waals surface area contributed by atoms with Gasteiger partial charge in [0.2, 0.25) is 0 Å². The largest absolute Gasteiger partial charge is 0.449 e. The minimum Gasteiger partial charge on any atom is -0.354 e. The molecule has 1 aliphatic heterocycles. The van der Waals surface area contributed by atoms with Gasteiger partial charge >= 0.3 is 17.9 Å². The SMILES string of the molecule is OC1(C(F)(F)F)OC2C(CC1(F)F)C1CC2C2C3C=CC(C3)C12. The van der Waals surface area contributed by atoms with Crippen molar-refractivity contribution in [2.45, 2.75) is 43.3 Å². The zero-order valence-corrected chi connectivity index (χ0v) is 12.1. The molecular weight excluding hydrogens is 319 g/mol. The van der Waals surface area contributed by atoms with E-state index in [1.54, 1.807) is 0 Å². The minimum absolute atomic E-state index is 0.00129. The van der Waals surface area contributed by atoms with E-state index in [2.05, 4.69) is 12.2 Å². The second-order valence-electron chi connectivity index (χ2n) is 7.96. The molecule has 4 fully saturated rings. The molecule has 9 atom stereocenters. The van der Waals surface area contributed by atoms with Gasteiger partial charge < -0.3 is 9.84 Å². The summed E-state index contributed by atoms with van der Waals surface area (Å²) in [6, 6.07) is 0. The number of allylic oxidation sites excluding steroid dienone is 2. The molecule has 0 aromatic carbocycles. The maximum atomic E-state index is 14.1. The Morgan fingerprint density at radius 1 is 0.957 bits per heavy atom. The molecule has 7 heteroatoms. The summed E-state index contributed by atoms with van der Waals surface area (Å²) in [6.45, 7) is 0. The fourth-order valence-corrected chi connectivity index (χ4v) is 6.54. The van der Waals surface area contributed by atoms with E-state index < -0.39 is 36.3 Å². The van der Waals surface area contributed by atoms with Gasteiger partial charge in [-0.25, -0.2) is 8.78 Å². The van der Waals surface area contributed by atoms with Crippen LogP contribution in [0.3, 0.4) is 0 Å². The van der Waals surface area contributed by atoms with Crippen LogP contribution in [0.2, 0.25) is 0 Å². The molecule has 1 heterocycles. The molecule has 9 unspecified atom stereocenters. The van der Waals surface area contributed by atoms with Gasteiger partial charge in [-0.05, 0) is 54.3 Å². The molecule has 1 N–H and O–H groups in total. The molecule has 0 aromatic heterocycles. The third-order valence-corrected chi connectivity index (χ3v) is 7.19. The summed E-state index contributed by atoms with van der Waals surface area (Å²) in [5, 5.41) is 9.67. The molecule has 23 heavy (non-hydrogen) atoms. The van der Waals surface area contributed by atoms with Gasteiger partial charge in [-0.1, -0.05) is 12.2 Å². The van der Waals surface area contributed by atoms with Gasteiger partial charge in [-0.15, -0.1) is 0 Å². The Hall–Kier alpha value is -0.690. The number of halogens is 5. The second kappa shape index (κ2) is 3.93. The lowest BCUT2D eigenvalue weighted by Gasteiger charge is -2.51.